The molecule has 0 radical (unpaired) electrons. The van der Waals surface area contributed by atoms with Crippen LogP contribution in [0.5, 0.6) is 5.75 Å². The predicted molar refractivity (Wildman–Crippen MR) is 150 cm³/mol. The third kappa shape index (κ3) is 5.28. The van der Waals surface area contributed by atoms with E-state index in [4.69, 9.17) is 9.84 Å². The van der Waals surface area contributed by atoms with Crippen molar-refractivity contribution >= 4 is 17.6 Å². The number of nitrogens with zero attached hydrogens (tertiary/aromatic N) is 3. The van der Waals surface area contributed by atoms with Crippen molar-refractivity contribution in [3.63, 3.8) is 0 Å². The van der Waals surface area contributed by atoms with Crippen molar-refractivity contribution in [2.75, 3.05) is 25.5 Å². The SMILES string of the molecule is COc1cc(-c2cccc(-c3cccc(NC(=O)c4ccncn4)c3C)c2C)cc(F)c1CN1CC(C(=O)O)C1. The second-order valence-electron chi connectivity index (χ2n) is 9.87. The summed E-state index contributed by atoms with van der Waals surface area (Å²) in [6.07, 6.45) is 2.85. The van der Waals surface area contributed by atoms with Crippen molar-refractivity contribution in [3.05, 3.63) is 95.3 Å². The molecule has 2 N–H and O–H groups in total. The number of carboxylic acid groups (broad SMARTS) is 1. The molecule has 2 heterocycles. The van der Waals surface area contributed by atoms with Gasteiger partial charge < -0.3 is 15.2 Å². The quantitative estimate of drug-likeness (QED) is 0.311. The highest BCUT2D eigenvalue weighted by atomic mass is 19.1. The number of amides is 1. The highest BCUT2D eigenvalue weighted by Gasteiger charge is 2.33. The highest BCUT2D eigenvalue weighted by molar-refractivity contribution is 6.03. The molecule has 0 bridgehead atoms. The number of likely N-dealkylation sites (tertiary alicyclic amines) is 1. The molecule has 204 valence electrons. The molecule has 1 aliphatic heterocycles. The van der Waals surface area contributed by atoms with Crippen LogP contribution in [0.3, 0.4) is 0 Å². The fourth-order valence-corrected chi connectivity index (χ4v) is 5.10. The minimum Gasteiger partial charge on any atom is -0.496 e. The van der Waals surface area contributed by atoms with Crippen LogP contribution < -0.4 is 10.1 Å². The third-order valence-electron chi connectivity index (χ3n) is 7.39. The maximum atomic E-state index is 15.4. The van der Waals surface area contributed by atoms with Crippen LogP contribution in [-0.4, -0.2) is 52.1 Å². The summed E-state index contributed by atoms with van der Waals surface area (Å²) in [7, 11) is 1.51. The Labute approximate surface area is 231 Å². The lowest BCUT2D eigenvalue weighted by atomic mass is 9.90. The summed E-state index contributed by atoms with van der Waals surface area (Å²) >= 11 is 0. The molecule has 0 atom stereocenters. The second-order valence-corrected chi connectivity index (χ2v) is 9.87. The summed E-state index contributed by atoms with van der Waals surface area (Å²) in [4.78, 5) is 33.6. The molecule has 1 amide bonds. The summed E-state index contributed by atoms with van der Waals surface area (Å²) in [6, 6.07) is 16.5. The lowest BCUT2D eigenvalue weighted by Crippen LogP contribution is -2.49. The summed E-state index contributed by atoms with van der Waals surface area (Å²) in [5, 5.41) is 12.1. The van der Waals surface area contributed by atoms with Gasteiger partial charge in [0, 0.05) is 37.1 Å². The maximum Gasteiger partial charge on any atom is 0.309 e. The third-order valence-corrected chi connectivity index (χ3v) is 7.39. The van der Waals surface area contributed by atoms with E-state index in [1.807, 2.05) is 61.2 Å². The first-order valence-electron chi connectivity index (χ1n) is 12.9. The average Bonchev–Trinajstić information content (AvgIpc) is 2.92. The molecule has 9 heteroatoms. The predicted octanol–water partition coefficient (Wildman–Crippen LogP) is 5.34. The Morgan fingerprint density at radius 3 is 2.42 bits per heavy atom. The van der Waals surface area contributed by atoms with Gasteiger partial charge in [-0.05, 0) is 71.5 Å². The normalized spacial score (nSPS) is 13.5. The molecule has 5 rings (SSSR count). The van der Waals surface area contributed by atoms with Crippen molar-refractivity contribution in [3.8, 4) is 28.0 Å². The minimum absolute atomic E-state index is 0.271. The molecule has 1 aliphatic rings. The van der Waals surface area contributed by atoms with Crippen LogP contribution in [0.4, 0.5) is 10.1 Å². The zero-order chi connectivity index (χ0) is 28.4. The zero-order valence-electron chi connectivity index (χ0n) is 22.4. The molecule has 0 spiro atoms. The fraction of sp³-hybridized carbons (Fsp3) is 0.226. The topological polar surface area (TPSA) is 105 Å². The van der Waals surface area contributed by atoms with Gasteiger partial charge in [0.25, 0.3) is 5.91 Å². The van der Waals surface area contributed by atoms with E-state index in [9.17, 15) is 9.59 Å². The van der Waals surface area contributed by atoms with Gasteiger partial charge in [0.2, 0.25) is 0 Å². The minimum atomic E-state index is -0.830. The van der Waals surface area contributed by atoms with E-state index in [0.717, 1.165) is 27.8 Å². The molecule has 0 unspecified atom stereocenters. The van der Waals surface area contributed by atoms with Crippen molar-refractivity contribution in [1.82, 2.24) is 14.9 Å². The van der Waals surface area contributed by atoms with Crippen LogP contribution >= 0.6 is 0 Å². The molecule has 1 aromatic heterocycles. The summed E-state index contributed by atoms with van der Waals surface area (Å²) in [5.74, 6) is -1.55. The number of benzene rings is 3. The number of rotatable bonds is 8. The monoisotopic (exact) mass is 540 g/mol. The van der Waals surface area contributed by atoms with Gasteiger partial charge in [0.15, 0.2) is 0 Å². The van der Waals surface area contributed by atoms with Gasteiger partial charge in [-0.3, -0.25) is 14.5 Å². The van der Waals surface area contributed by atoms with E-state index in [-0.39, 0.29) is 18.1 Å². The van der Waals surface area contributed by atoms with Crippen LogP contribution in [0, 0.1) is 25.6 Å². The molecule has 0 aliphatic carbocycles. The van der Waals surface area contributed by atoms with Crippen LogP contribution in [0.1, 0.15) is 27.2 Å². The number of halogens is 1. The first kappa shape index (κ1) is 27.0. The van der Waals surface area contributed by atoms with Gasteiger partial charge in [0.1, 0.15) is 23.6 Å². The Morgan fingerprint density at radius 2 is 1.75 bits per heavy atom. The van der Waals surface area contributed by atoms with Crippen molar-refractivity contribution < 1.29 is 23.8 Å². The number of hydrogen-bond acceptors (Lipinski definition) is 6. The fourth-order valence-electron chi connectivity index (χ4n) is 5.10. The van der Waals surface area contributed by atoms with Crippen LogP contribution in [0.15, 0.2) is 67.1 Å². The first-order chi connectivity index (χ1) is 19.3. The molecule has 3 aromatic carbocycles. The molecule has 40 heavy (non-hydrogen) atoms. The van der Waals surface area contributed by atoms with Crippen molar-refractivity contribution in [2.45, 2.75) is 20.4 Å². The van der Waals surface area contributed by atoms with E-state index in [1.165, 1.54) is 25.7 Å². The van der Waals surface area contributed by atoms with Gasteiger partial charge in [-0.2, -0.15) is 0 Å². The Morgan fingerprint density at radius 1 is 1.05 bits per heavy atom. The largest absolute Gasteiger partial charge is 0.496 e. The summed E-state index contributed by atoms with van der Waals surface area (Å²) in [5.41, 5.74) is 6.61. The van der Waals surface area contributed by atoms with Gasteiger partial charge in [-0.25, -0.2) is 14.4 Å². The Bertz CT molecular complexity index is 1590. The molecular weight excluding hydrogens is 511 g/mol. The number of nitrogens with one attached hydrogen (secondary N) is 1. The lowest BCUT2D eigenvalue weighted by Gasteiger charge is -2.36. The summed E-state index contributed by atoms with van der Waals surface area (Å²) < 4.78 is 21.0. The van der Waals surface area contributed by atoms with E-state index in [1.54, 1.807) is 6.07 Å². The van der Waals surface area contributed by atoms with E-state index in [2.05, 4.69) is 15.3 Å². The first-order valence-corrected chi connectivity index (χ1v) is 12.9. The zero-order valence-corrected chi connectivity index (χ0v) is 22.4. The van der Waals surface area contributed by atoms with Crippen LogP contribution in [-0.2, 0) is 11.3 Å². The lowest BCUT2D eigenvalue weighted by molar-refractivity contribution is -0.147. The van der Waals surface area contributed by atoms with E-state index in [0.29, 0.717) is 35.7 Å². The van der Waals surface area contributed by atoms with Gasteiger partial charge in [0.05, 0.1) is 13.0 Å². The number of carbonyl (C=O) groups excluding carboxylic acids is 1. The van der Waals surface area contributed by atoms with Crippen LogP contribution in [0.2, 0.25) is 0 Å². The highest BCUT2D eigenvalue weighted by Crippen LogP contribution is 2.38. The van der Waals surface area contributed by atoms with Gasteiger partial charge >= 0.3 is 5.97 Å². The van der Waals surface area contributed by atoms with Gasteiger partial charge in [-0.15, -0.1) is 0 Å². The number of aliphatic carboxylic acids is 1. The Hall–Kier alpha value is -4.63. The number of anilines is 1. The molecule has 4 aromatic rings. The second kappa shape index (κ2) is 11.2. The Balaban J connectivity index is 1.45. The van der Waals surface area contributed by atoms with E-state index < -0.39 is 17.7 Å². The number of methoxy groups -OCH3 is 1. The average molecular weight is 541 g/mol. The Kier molecular flexibility index (Phi) is 7.57. The molecule has 1 saturated heterocycles. The number of carbonyl (C=O) groups is 2. The summed E-state index contributed by atoms with van der Waals surface area (Å²) in [6.45, 7) is 4.99. The van der Waals surface area contributed by atoms with Crippen LogP contribution in [0.25, 0.3) is 22.3 Å². The molecule has 8 nitrogen and oxygen atoms in total. The van der Waals surface area contributed by atoms with Gasteiger partial charge in [-0.1, -0.05) is 30.3 Å². The number of ether oxygens (including phenoxy) is 1. The van der Waals surface area contributed by atoms with Crippen molar-refractivity contribution in [2.24, 2.45) is 5.92 Å². The number of hydrogen-bond donors (Lipinski definition) is 2. The number of carboxylic acids is 1. The van der Waals surface area contributed by atoms with Crippen molar-refractivity contribution in [1.29, 1.82) is 0 Å². The molecule has 1 fully saturated rings. The van der Waals surface area contributed by atoms with E-state index >= 15 is 4.39 Å². The number of aromatic nitrogens is 2. The molecular formula is C31H29FN4O4. The maximum absolute atomic E-state index is 15.4. The molecule has 0 saturated carbocycles. The smallest absolute Gasteiger partial charge is 0.309 e. The standard InChI is InChI=1S/C31H29FN4O4/c1-18-22(20-12-26(32)25(29(13-20)40-3)16-36-14-21(15-36)31(38)39)6-4-7-23(18)24-8-5-9-27(19(24)2)35-30(37)28-10-11-33-17-34-28/h4-13,17,21H,14-16H2,1-3H3,(H,35,37)(H,38,39).